The minimum Gasteiger partial charge on any atom is -0.383 e. The fourth-order valence-electron chi connectivity index (χ4n) is 2.08. The van der Waals surface area contributed by atoms with Gasteiger partial charge >= 0.3 is 0 Å². The Morgan fingerprint density at radius 1 is 1.50 bits per heavy atom. The van der Waals surface area contributed by atoms with Gasteiger partial charge < -0.3 is 10.4 Å². The molecule has 0 radical (unpaired) electrons. The van der Waals surface area contributed by atoms with Crippen molar-refractivity contribution in [2.75, 3.05) is 6.54 Å². The SMILES string of the molecule is Cn1cc(C(C)(O)CNC(=O)/C=C/c2ccccc2[N+](=O)[O-])cn1. The largest absolute Gasteiger partial charge is 0.383 e. The summed E-state index contributed by atoms with van der Waals surface area (Å²) in [6.07, 6.45) is 5.75. The summed E-state index contributed by atoms with van der Waals surface area (Å²) < 4.78 is 1.56. The Labute approximate surface area is 138 Å². The first-order valence-corrected chi connectivity index (χ1v) is 7.20. The molecule has 0 aliphatic rings. The first kappa shape index (κ1) is 17.4. The molecule has 0 fully saturated rings. The van der Waals surface area contributed by atoms with Gasteiger partial charge in [-0.1, -0.05) is 12.1 Å². The van der Waals surface area contributed by atoms with Crippen molar-refractivity contribution < 1.29 is 14.8 Å². The van der Waals surface area contributed by atoms with E-state index in [1.807, 2.05) is 0 Å². The number of aromatic nitrogens is 2. The number of hydrogen-bond acceptors (Lipinski definition) is 5. The molecule has 0 saturated carbocycles. The van der Waals surface area contributed by atoms with Crippen LogP contribution in [0.1, 0.15) is 18.1 Å². The lowest BCUT2D eigenvalue weighted by Gasteiger charge is -2.21. The number of benzene rings is 1. The number of aryl methyl sites for hydroxylation is 1. The van der Waals surface area contributed by atoms with Crippen LogP contribution in [0, 0.1) is 10.1 Å². The molecule has 1 heterocycles. The predicted octanol–water partition coefficient (Wildman–Crippen LogP) is 1.37. The molecule has 2 N–H and O–H groups in total. The maximum atomic E-state index is 11.9. The summed E-state index contributed by atoms with van der Waals surface area (Å²) in [6, 6.07) is 6.12. The summed E-state index contributed by atoms with van der Waals surface area (Å²) in [6.45, 7) is 1.55. The first-order valence-electron chi connectivity index (χ1n) is 7.20. The number of nitro groups is 1. The Hall–Kier alpha value is -3.00. The van der Waals surface area contributed by atoms with Gasteiger partial charge in [-0.25, -0.2) is 0 Å². The van der Waals surface area contributed by atoms with Crippen LogP contribution < -0.4 is 5.32 Å². The minimum absolute atomic E-state index is 0.0151. The summed E-state index contributed by atoms with van der Waals surface area (Å²) in [5, 5.41) is 27.8. The van der Waals surface area contributed by atoms with E-state index in [1.54, 1.807) is 43.0 Å². The third kappa shape index (κ3) is 4.26. The molecule has 1 atom stereocenters. The van der Waals surface area contributed by atoms with Crippen LogP contribution in [0.3, 0.4) is 0 Å². The summed E-state index contributed by atoms with van der Waals surface area (Å²) >= 11 is 0. The highest BCUT2D eigenvalue weighted by atomic mass is 16.6. The van der Waals surface area contributed by atoms with Gasteiger partial charge in [-0.3, -0.25) is 19.6 Å². The molecular formula is C16H18N4O4. The molecule has 0 aliphatic heterocycles. The number of rotatable bonds is 6. The van der Waals surface area contributed by atoms with E-state index >= 15 is 0 Å². The zero-order chi connectivity index (χ0) is 17.7. The highest BCUT2D eigenvalue weighted by Gasteiger charge is 2.25. The molecule has 0 spiro atoms. The Kier molecular flexibility index (Phi) is 5.10. The van der Waals surface area contributed by atoms with Gasteiger partial charge in [0.15, 0.2) is 0 Å². The highest BCUT2D eigenvalue weighted by molar-refractivity contribution is 5.92. The van der Waals surface area contributed by atoms with E-state index in [0.717, 1.165) is 0 Å². The van der Waals surface area contributed by atoms with Gasteiger partial charge in [-0.2, -0.15) is 5.10 Å². The second kappa shape index (κ2) is 7.05. The number of aliphatic hydroxyl groups is 1. The van der Waals surface area contributed by atoms with E-state index in [1.165, 1.54) is 24.4 Å². The van der Waals surface area contributed by atoms with Gasteiger partial charge in [0, 0.05) is 31.0 Å². The van der Waals surface area contributed by atoms with Gasteiger partial charge in [0.2, 0.25) is 5.91 Å². The average Bonchev–Trinajstić information content (AvgIpc) is 2.98. The van der Waals surface area contributed by atoms with Crippen LogP contribution in [0.25, 0.3) is 6.08 Å². The molecule has 24 heavy (non-hydrogen) atoms. The number of nitrogens with one attached hydrogen (secondary N) is 1. The van der Waals surface area contributed by atoms with Crippen LogP contribution in [0.4, 0.5) is 5.69 Å². The molecule has 8 heteroatoms. The molecule has 0 bridgehead atoms. The standard InChI is InChI=1S/C16H18N4O4/c1-16(22,13-9-18-19(2)10-13)11-17-15(21)8-7-12-5-3-4-6-14(12)20(23)24/h3-10,22H,11H2,1-2H3,(H,17,21)/b8-7+. The van der Waals surface area contributed by atoms with E-state index < -0.39 is 16.4 Å². The molecular weight excluding hydrogens is 312 g/mol. The monoisotopic (exact) mass is 330 g/mol. The minimum atomic E-state index is -1.27. The molecule has 1 aromatic carbocycles. The molecule has 2 rings (SSSR count). The van der Waals surface area contributed by atoms with Gasteiger partial charge in [-0.15, -0.1) is 0 Å². The Morgan fingerprint density at radius 3 is 2.83 bits per heavy atom. The van der Waals surface area contributed by atoms with Gasteiger partial charge in [0.05, 0.1) is 23.2 Å². The van der Waals surface area contributed by atoms with Gasteiger partial charge in [0.25, 0.3) is 5.69 Å². The van der Waals surface area contributed by atoms with Crippen molar-refractivity contribution in [2.24, 2.45) is 7.05 Å². The van der Waals surface area contributed by atoms with E-state index in [-0.39, 0.29) is 12.2 Å². The van der Waals surface area contributed by atoms with Crippen LogP contribution in [-0.2, 0) is 17.4 Å². The lowest BCUT2D eigenvalue weighted by molar-refractivity contribution is -0.385. The van der Waals surface area contributed by atoms with Crippen molar-refractivity contribution in [1.29, 1.82) is 0 Å². The van der Waals surface area contributed by atoms with Crippen molar-refractivity contribution in [3.63, 3.8) is 0 Å². The van der Waals surface area contributed by atoms with Crippen molar-refractivity contribution in [1.82, 2.24) is 15.1 Å². The van der Waals surface area contributed by atoms with Gasteiger partial charge in [-0.05, 0) is 19.1 Å². The molecule has 2 aromatic rings. The lowest BCUT2D eigenvalue weighted by atomic mass is 10.00. The highest BCUT2D eigenvalue weighted by Crippen LogP contribution is 2.20. The third-order valence-corrected chi connectivity index (χ3v) is 3.48. The number of carbonyl (C=O) groups is 1. The Bertz CT molecular complexity index is 780. The van der Waals surface area contributed by atoms with Crippen molar-refractivity contribution in [3.05, 3.63) is 64.0 Å². The summed E-state index contributed by atoms with van der Waals surface area (Å²) in [4.78, 5) is 22.3. The summed E-state index contributed by atoms with van der Waals surface area (Å²) in [5.74, 6) is -0.461. The zero-order valence-corrected chi connectivity index (χ0v) is 13.3. The Morgan fingerprint density at radius 2 is 2.21 bits per heavy atom. The maximum Gasteiger partial charge on any atom is 0.276 e. The topological polar surface area (TPSA) is 110 Å². The van der Waals surface area contributed by atoms with Crippen LogP contribution in [0.15, 0.2) is 42.7 Å². The average molecular weight is 330 g/mol. The lowest BCUT2D eigenvalue weighted by Crippen LogP contribution is -2.37. The van der Waals surface area contributed by atoms with Crippen molar-refractivity contribution in [3.8, 4) is 0 Å². The molecule has 1 unspecified atom stereocenters. The fourth-order valence-corrected chi connectivity index (χ4v) is 2.08. The van der Waals surface area contributed by atoms with Gasteiger partial charge in [0.1, 0.15) is 5.60 Å². The maximum absolute atomic E-state index is 11.9. The van der Waals surface area contributed by atoms with E-state index in [4.69, 9.17) is 0 Å². The molecule has 1 amide bonds. The summed E-state index contributed by atoms with van der Waals surface area (Å²) in [5.41, 5.74) is -0.440. The van der Waals surface area contributed by atoms with Crippen LogP contribution in [0.2, 0.25) is 0 Å². The van der Waals surface area contributed by atoms with Crippen LogP contribution in [0.5, 0.6) is 0 Å². The van der Waals surface area contributed by atoms with Crippen LogP contribution >= 0.6 is 0 Å². The second-order valence-electron chi connectivity index (χ2n) is 5.54. The van der Waals surface area contributed by atoms with Crippen molar-refractivity contribution in [2.45, 2.75) is 12.5 Å². The second-order valence-corrected chi connectivity index (χ2v) is 5.54. The number of carbonyl (C=O) groups excluding carboxylic acids is 1. The van der Waals surface area contributed by atoms with Crippen molar-refractivity contribution >= 4 is 17.7 Å². The molecule has 0 saturated heterocycles. The fraction of sp³-hybridized carbons (Fsp3) is 0.250. The number of para-hydroxylation sites is 1. The third-order valence-electron chi connectivity index (χ3n) is 3.48. The quantitative estimate of drug-likeness (QED) is 0.472. The first-order chi connectivity index (χ1) is 11.3. The molecule has 0 aliphatic carbocycles. The van der Waals surface area contributed by atoms with E-state index in [2.05, 4.69) is 10.4 Å². The number of amides is 1. The Balaban J connectivity index is 2.00. The molecule has 8 nitrogen and oxygen atoms in total. The number of hydrogen-bond donors (Lipinski definition) is 2. The molecule has 126 valence electrons. The number of nitro benzene ring substituents is 1. The zero-order valence-electron chi connectivity index (χ0n) is 13.3. The summed E-state index contributed by atoms with van der Waals surface area (Å²) in [7, 11) is 1.73. The van der Waals surface area contributed by atoms with Crippen LogP contribution in [-0.4, -0.2) is 32.3 Å². The smallest absolute Gasteiger partial charge is 0.276 e. The molecule has 1 aromatic heterocycles. The number of nitrogens with zero attached hydrogens (tertiary/aromatic N) is 3. The van der Waals surface area contributed by atoms with E-state index in [0.29, 0.717) is 11.1 Å². The normalized spacial score (nSPS) is 13.6. The van der Waals surface area contributed by atoms with E-state index in [9.17, 15) is 20.0 Å². The predicted molar refractivity (Wildman–Crippen MR) is 87.9 cm³/mol.